The van der Waals surface area contributed by atoms with Gasteiger partial charge in [0.25, 0.3) is 0 Å². The molecule has 2 aromatic heterocycles. The van der Waals surface area contributed by atoms with Gasteiger partial charge < -0.3 is 0 Å². The van der Waals surface area contributed by atoms with Crippen molar-refractivity contribution in [2.75, 3.05) is 0 Å². The van der Waals surface area contributed by atoms with Crippen LogP contribution in [0.15, 0.2) is 40.7 Å². The molecule has 1 atom stereocenters. The second-order valence-corrected chi connectivity index (χ2v) is 6.78. The van der Waals surface area contributed by atoms with Crippen LogP contribution in [0.2, 0.25) is 0 Å². The van der Waals surface area contributed by atoms with Crippen molar-refractivity contribution >= 4 is 21.4 Å². The molecule has 0 bridgehead atoms. The number of nitrogens with zero attached hydrogens (tertiary/aromatic N) is 2. The van der Waals surface area contributed by atoms with E-state index in [9.17, 15) is 8.42 Å². The fourth-order valence-electron chi connectivity index (χ4n) is 1.69. The molecule has 1 unspecified atom stereocenters. The highest BCUT2D eigenvalue weighted by Gasteiger charge is 2.21. The molecule has 0 saturated heterocycles. The SMILES string of the molecule is CCC(NS(=O)(=O)c1ccc(C#N)nc1)c1cccs1. The van der Waals surface area contributed by atoms with E-state index in [1.54, 1.807) is 0 Å². The molecule has 1 N–H and O–H groups in total. The van der Waals surface area contributed by atoms with Gasteiger partial charge in [0.05, 0.1) is 6.04 Å². The minimum Gasteiger partial charge on any atom is -0.244 e. The summed E-state index contributed by atoms with van der Waals surface area (Å²) in [5, 5.41) is 10.6. The van der Waals surface area contributed by atoms with Crippen molar-refractivity contribution in [3.63, 3.8) is 0 Å². The Bertz CT molecular complexity index is 701. The zero-order valence-electron chi connectivity index (χ0n) is 10.8. The maximum Gasteiger partial charge on any atom is 0.242 e. The van der Waals surface area contributed by atoms with E-state index in [-0.39, 0.29) is 16.6 Å². The first kappa shape index (κ1) is 14.7. The quantitative estimate of drug-likeness (QED) is 0.919. The third kappa shape index (κ3) is 3.22. The normalized spacial score (nSPS) is 12.8. The minimum atomic E-state index is -3.64. The molecule has 0 spiro atoms. The fourth-order valence-corrected chi connectivity index (χ4v) is 3.87. The molecule has 0 aliphatic rings. The first-order valence-corrected chi connectivity index (χ1v) is 8.35. The molecule has 0 aliphatic carbocycles. The van der Waals surface area contributed by atoms with Crippen LogP contribution in [0.25, 0.3) is 0 Å². The van der Waals surface area contributed by atoms with Crippen LogP contribution < -0.4 is 4.72 Å². The molecule has 0 aliphatic heterocycles. The van der Waals surface area contributed by atoms with Gasteiger partial charge in [-0.25, -0.2) is 18.1 Å². The third-order valence-electron chi connectivity index (χ3n) is 2.75. The molecule has 0 aromatic carbocycles. The van der Waals surface area contributed by atoms with Crippen LogP contribution in [0.4, 0.5) is 0 Å². The summed E-state index contributed by atoms with van der Waals surface area (Å²) in [5.74, 6) is 0. The van der Waals surface area contributed by atoms with E-state index < -0.39 is 10.0 Å². The lowest BCUT2D eigenvalue weighted by molar-refractivity contribution is 0.553. The molecule has 0 saturated carbocycles. The van der Waals surface area contributed by atoms with Gasteiger partial charge in [0.2, 0.25) is 10.0 Å². The molecule has 0 fully saturated rings. The molecule has 104 valence electrons. The van der Waals surface area contributed by atoms with Gasteiger partial charge in [-0.3, -0.25) is 0 Å². The number of rotatable bonds is 5. The maximum atomic E-state index is 12.3. The number of nitriles is 1. The Morgan fingerprint density at radius 2 is 2.25 bits per heavy atom. The van der Waals surface area contributed by atoms with Gasteiger partial charge in [-0.1, -0.05) is 13.0 Å². The number of thiophene rings is 1. The van der Waals surface area contributed by atoms with Gasteiger partial charge >= 0.3 is 0 Å². The third-order valence-corrected chi connectivity index (χ3v) is 5.20. The lowest BCUT2D eigenvalue weighted by Crippen LogP contribution is -2.28. The summed E-state index contributed by atoms with van der Waals surface area (Å²) in [6.45, 7) is 1.92. The molecular formula is C13H13N3O2S2. The van der Waals surface area contributed by atoms with Crippen LogP contribution in [0.5, 0.6) is 0 Å². The van der Waals surface area contributed by atoms with Gasteiger partial charge in [-0.15, -0.1) is 11.3 Å². The van der Waals surface area contributed by atoms with Gasteiger partial charge in [0.15, 0.2) is 0 Å². The lowest BCUT2D eigenvalue weighted by atomic mass is 10.2. The first-order valence-electron chi connectivity index (χ1n) is 5.98. The molecular weight excluding hydrogens is 294 g/mol. The highest BCUT2D eigenvalue weighted by Crippen LogP contribution is 2.23. The van der Waals surface area contributed by atoms with Crippen molar-refractivity contribution in [1.82, 2.24) is 9.71 Å². The fraction of sp³-hybridized carbons (Fsp3) is 0.231. The van der Waals surface area contributed by atoms with Crippen LogP contribution >= 0.6 is 11.3 Å². The monoisotopic (exact) mass is 307 g/mol. The van der Waals surface area contributed by atoms with Crippen molar-refractivity contribution in [3.05, 3.63) is 46.4 Å². The van der Waals surface area contributed by atoms with Crippen molar-refractivity contribution in [3.8, 4) is 6.07 Å². The molecule has 20 heavy (non-hydrogen) atoms. The number of nitrogens with one attached hydrogen (secondary N) is 1. The topological polar surface area (TPSA) is 82.9 Å². The number of pyridine rings is 1. The Kier molecular flexibility index (Phi) is 4.49. The Labute approximate surface area is 122 Å². The van der Waals surface area contributed by atoms with Crippen LogP contribution in [0, 0.1) is 11.3 Å². The number of hydrogen-bond acceptors (Lipinski definition) is 5. The lowest BCUT2D eigenvalue weighted by Gasteiger charge is -2.15. The summed E-state index contributed by atoms with van der Waals surface area (Å²) in [7, 11) is -3.64. The predicted molar refractivity (Wildman–Crippen MR) is 76.6 cm³/mol. The van der Waals surface area contributed by atoms with Gasteiger partial charge in [0, 0.05) is 11.1 Å². The van der Waals surface area contributed by atoms with Crippen LogP contribution in [-0.2, 0) is 10.0 Å². The molecule has 7 heteroatoms. The average Bonchev–Trinajstić information content (AvgIpc) is 2.99. The van der Waals surface area contributed by atoms with Crippen molar-refractivity contribution in [2.24, 2.45) is 0 Å². The predicted octanol–water partition coefficient (Wildman–Crippen LogP) is 2.44. The number of aromatic nitrogens is 1. The highest BCUT2D eigenvalue weighted by molar-refractivity contribution is 7.89. The van der Waals surface area contributed by atoms with Crippen molar-refractivity contribution < 1.29 is 8.42 Å². The summed E-state index contributed by atoms with van der Waals surface area (Å²) in [6.07, 6.45) is 1.85. The highest BCUT2D eigenvalue weighted by atomic mass is 32.2. The van der Waals surface area contributed by atoms with Crippen molar-refractivity contribution in [2.45, 2.75) is 24.3 Å². The Hall–Kier alpha value is -1.75. The van der Waals surface area contributed by atoms with Gasteiger partial charge in [0.1, 0.15) is 16.7 Å². The smallest absolute Gasteiger partial charge is 0.242 e. The Balaban J connectivity index is 2.24. The second-order valence-electron chi connectivity index (χ2n) is 4.09. The van der Waals surface area contributed by atoms with E-state index in [4.69, 9.17) is 5.26 Å². The summed E-state index contributed by atoms with van der Waals surface area (Å²) >= 11 is 1.51. The zero-order chi connectivity index (χ0) is 14.6. The van der Waals surface area contributed by atoms with E-state index >= 15 is 0 Å². The standard InChI is InChI=1S/C13H13N3O2S2/c1-2-12(13-4-3-7-19-13)16-20(17,18)11-6-5-10(8-14)15-9-11/h3-7,9,12,16H,2H2,1H3. The summed E-state index contributed by atoms with van der Waals surface area (Å²) in [5.41, 5.74) is 0.189. The van der Waals surface area contributed by atoms with E-state index in [0.29, 0.717) is 6.42 Å². The van der Waals surface area contributed by atoms with Crippen LogP contribution in [0.3, 0.4) is 0 Å². The van der Waals surface area contributed by atoms with Crippen molar-refractivity contribution in [1.29, 1.82) is 5.26 Å². The molecule has 2 aromatic rings. The Morgan fingerprint density at radius 3 is 2.75 bits per heavy atom. The molecule has 0 radical (unpaired) electrons. The molecule has 2 heterocycles. The van der Waals surface area contributed by atoms with Crippen LogP contribution in [-0.4, -0.2) is 13.4 Å². The van der Waals surface area contributed by atoms with E-state index in [1.807, 2.05) is 30.5 Å². The largest absolute Gasteiger partial charge is 0.244 e. The Morgan fingerprint density at radius 1 is 1.45 bits per heavy atom. The van der Waals surface area contributed by atoms with Crippen LogP contribution in [0.1, 0.15) is 30.0 Å². The summed E-state index contributed by atoms with van der Waals surface area (Å²) in [6, 6.07) is 8.17. The maximum absolute atomic E-state index is 12.3. The summed E-state index contributed by atoms with van der Waals surface area (Å²) in [4.78, 5) is 4.81. The van der Waals surface area contributed by atoms with Gasteiger partial charge in [-0.2, -0.15) is 5.26 Å². The average molecular weight is 307 g/mol. The van der Waals surface area contributed by atoms with E-state index in [1.165, 1.54) is 29.7 Å². The second kappa shape index (κ2) is 6.13. The summed E-state index contributed by atoms with van der Waals surface area (Å²) < 4.78 is 27.2. The minimum absolute atomic E-state index is 0.0616. The first-order chi connectivity index (χ1) is 9.56. The molecule has 2 rings (SSSR count). The molecule has 5 nitrogen and oxygen atoms in total. The van der Waals surface area contributed by atoms with Gasteiger partial charge in [-0.05, 0) is 30.0 Å². The molecule has 0 amide bonds. The van der Waals surface area contributed by atoms with E-state index in [2.05, 4.69) is 9.71 Å². The number of sulfonamides is 1. The number of hydrogen-bond donors (Lipinski definition) is 1. The zero-order valence-corrected chi connectivity index (χ0v) is 12.4. The van der Waals surface area contributed by atoms with E-state index in [0.717, 1.165) is 4.88 Å².